The van der Waals surface area contributed by atoms with Crippen molar-refractivity contribution in [1.82, 2.24) is 5.32 Å². The van der Waals surface area contributed by atoms with Crippen molar-refractivity contribution in [1.29, 1.82) is 0 Å². The van der Waals surface area contributed by atoms with E-state index in [1.54, 1.807) is 12.1 Å². The lowest BCUT2D eigenvalue weighted by Crippen LogP contribution is -2.34. The first-order valence-electron chi connectivity index (χ1n) is 7.54. The minimum Gasteiger partial charge on any atom is -0.326 e. The van der Waals surface area contributed by atoms with Crippen molar-refractivity contribution >= 4 is 23.2 Å². The number of hydrogen-bond donors (Lipinski definition) is 3. The topological polar surface area (TPSA) is 70.2 Å². The quantitative estimate of drug-likeness (QED) is 0.780. The number of anilines is 2. The van der Waals surface area contributed by atoms with Crippen molar-refractivity contribution in [3.05, 3.63) is 24.3 Å². The van der Waals surface area contributed by atoms with Crippen LogP contribution in [0.1, 0.15) is 39.0 Å². The van der Waals surface area contributed by atoms with Crippen LogP contribution >= 0.6 is 0 Å². The highest BCUT2D eigenvalue weighted by atomic mass is 16.2. The number of carbonyl (C=O) groups is 2. The van der Waals surface area contributed by atoms with Gasteiger partial charge in [-0.2, -0.15) is 0 Å². The van der Waals surface area contributed by atoms with E-state index in [4.69, 9.17) is 0 Å². The fraction of sp³-hybridized carbons (Fsp3) is 0.500. The molecule has 2 rings (SSSR count). The summed E-state index contributed by atoms with van der Waals surface area (Å²) in [4.78, 5) is 23.0. The normalized spacial score (nSPS) is 18.0. The first-order valence-corrected chi connectivity index (χ1v) is 7.54. The van der Waals surface area contributed by atoms with E-state index in [9.17, 15) is 9.59 Å². The molecule has 0 aliphatic carbocycles. The number of carbonyl (C=O) groups excluding carboxylic acids is 2. The zero-order valence-electron chi connectivity index (χ0n) is 12.4. The molecule has 5 nitrogen and oxygen atoms in total. The van der Waals surface area contributed by atoms with Crippen LogP contribution in [0, 0.1) is 0 Å². The van der Waals surface area contributed by atoms with Crippen LogP contribution in [0.4, 0.5) is 11.4 Å². The van der Waals surface area contributed by atoms with E-state index < -0.39 is 0 Å². The molecule has 2 amide bonds. The van der Waals surface area contributed by atoms with E-state index >= 15 is 0 Å². The molecule has 5 heteroatoms. The van der Waals surface area contributed by atoms with Crippen LogP contribution in [0.5, 0.6) is 0 Å². The molecule has 1 heterocycles. The van der Waals surface area contributed by atoms with E-state index in [0.29, 0.717) is 23.8 Å². The van der Waals surface area contributed by atoms with Gasteiger partial charge in [0.05, 0.1) is 0 Å². The van der Waals surface area contributed by atoms with Gasteiger partial charge in [-0.25, -0.2) is 0 Å². The average molecular weight is 289 g/mol. The maximum atomic E-state index is 12.0. The van der Waals surface area contributed by atoms with Crippen LogP contribution in [0.25, 0.3) is 0 Å². The minimum absolute atomic E-state index is 0.0161. The van der Waals surface area contributed by atoms with E-state index in [0.717, 1.165) is 19.4 Å². The van der Waals surface area contributed by atoms with E-state index in [1.165, 1.54) is 19.8 Å². The lowest BCUT2D eigenvalue weighted by atomic mass is 10.0. The molecule has 0 aromatic heterocycles. The molecule has 0 spiro atoms. The Bertz CT molecular complexity index is 496. The van der Waals surface area contributed by atoms with Crippen LogP contribution in [0.3, 0.4) is 0 Å². The molecule has 1 aliphatic heterocycles. The zero-order chi connectivity index (χ0) is 15.1. The molecular formula is C16H23N3O2. The van der Waals surface area contributed by atoms with Crippen molar-refractivity contribution in [2.45, 2.75) is 45.1 Å². The van der Waals surface area contributed by atoms with Crippen molar-refractivity contribution in [2.75, 3.05) is 17.2 Å². The van der Waals surface area contributed by atoms with Crippen LogP contribution in [0.2, 0.25) is 0 Å². The van der Waals surface area contributed by atoms with Crippen molar-refractivity contribution in [3.8, 4) is 0 Å². The Morgan fingerprint density at radius 2 is 2.00 bits per heavy atom. The summed E-state index contributed by atoms with van der Waals surface area (Å²) >= 11 is 0. The summed E-state index contributed by atoms with van der Waals surface area (Å²) in [6.07, 6.45) is 5.03. The van der Waals surface area contributed by atoms with Crippen LogP contribution < -0.4 is 16.0 Å². The van der Waals surface area contributed by atoms with E-state index in [-0.39, 0.29) is 11.8 Å². The Balaban J connectivity index is 1.80. The number of amides is 2. The highest BCUT2D eigenvalue weighted by Crippen LogP contribution is 2.16. The molecule has 0 saturated carbocycles. The Morgan fingerprint density at radius 3 is 2.67 bits per heavy atom. The average Bonchev–Trinajstić information content (AvgIpc) is 2.46. The van der Waals surface area contributed by atoms with E-state index in [2.05, 4.69) is 16.0 Å². The Labute approximate surface area is 125 Å². The third kappa shape index (κ3) is 5.55. The number of piperidine rings is 1. The monoisotopic (exact) mass is 289 g/mol. The predicted octanol–water partition coefficient (Wildman–Crippen LogP) is 2.51. The van der Waals surface area contributed by atoms with Gasteiger partial charge in [0.2, 0.25) is 11.8 Å². The molecule has 1 aliphatic rings. The standard InChI is InChI=1S/C16H23N3O2/c1-12(20)18-14-6-4-7-15(11-14)19-16(21)9-8-13-5-2-3-10-17-13/h4,6-7,11,13,17H,2-3,5,8-10H2,1H3,(H,18,20)(H,19,21). The van der Waals surface area contributed by atoms with Gasteiger partial charge in [0.25, 0.3) is 0 Å². The molecule has 0 bridgehead atoms. The third-order valence-electron chi connectivity index (χ3n) is 3.60. The summed E-state index contributed by atoms with van der Waals surface area (Å²) in [5.74, 6) is -0.107. The maximum absolute atomic E-state index is 12.0. The molecular weight excluding hydrogens is 266 g/mol. The summed E-state index contributed by atoms with van der Waals surface area (Å²) in [6.45, 7) is 2.52. The van der Waals surface area contributed by atoms with Gasteiger partial charge < -0.3 is 16.0 Å². The van der Waals surface area contributed by atoms with Gasteiger partial charge in [-0.1, -0.05) is 12.5 Å². The van der Waals surface area contributed by atoms with Crippen LogP contribution in [0.15, 0.2) is 24.3 Å². The van der Waals surface area contributed by atoms with Gasteiger partial charge in [0, 0.05) is 30.8 Å². The van der Waals surface area contributed by atoms with Gasteiger partial charge in [0.15, 0.2) is 0 Å². The van der Waals surface area contributed by atoms with Crippen molar-refractivity contribution in [2.24, 2.45) is 0 Å². The van der Waals surface area contributed by atoms with Crippen LogP contribution in [-0.4, -0.2) is 24.4 Å². The van der Waals surface area contributed by atoms with Gasteiger partial charge in [0.1, 0.15) is 0 Å². The summed E-state index contributed by atoms with van der Waals surface area (Å²) in [5, 5.41) is 9.02. The second kappa shape index (κ2) is 7.78. The number of rotatable bonds is 5. The Kier molecular flexibility index (Phi) is 5.75. The third-order valence-corrected chi connectivity index (χ3v) is 3.60. The fourth-order valence-corrected chi connectivity index (χ4v) is 2.58. The molecule has 21 heavy (non-hydrogen) atoms. The molecule has 114 valence electrons. The number of nitrogens with one attached hydrogen (secondary N) is 3. The Hall–Kier alpha value is -1.88. The van der Waals surface area contributed by atoms with Gasteiger partial charge in [-0.3, -0.25) is 9.59 Å². The SMILES string of the molecule is CC(=O)Nc1cccc(NC(=O)CCC2CCCCN2)c1. The summed E-state index contributed by atoms with van der Waals surface area (Å²) in [7, 11) is 0. The van der Waals surface area contributed by atoms with Crippen molar-refractivity contribution < 1.29 is 9.59 Å². The predicted molar refractivity (Wildman–Crippen MR) is 84.3 cm³/mol. The van der Waals surface area contributed by atoms with E-state index in [1.807, 2.05) is 12.1 Å². The van der Waals surface area contributed by atoms with Crippen LogP contribution in [-0.2, 0) is 9.59 Å². The minimum atomic E-state index is -0.123. The smallest absolute Gasteiger partial charge is 0.224 e. The molecule has 3 N–H and O–H groups in total. The highest BCUT2D eigenvalue weighted by molar-refractivity contribution is 5.93. The number of benzene rings is 1. The Morgan fingerprint density at radius 1 is 1.24 bits per heavy atom. The summed E-state index contributed by atoms with van der Waals surface area (Å²) in [6, 6.07) is 7.66. The second-order valence-electron chi connectivity index (χ2n) is 5.50. The lowest BCUT2D eigenvalue weighted by Gasteiger charge is -2.23. The van der Waals surface area contributed by atoms with Crippen molar-refractivity contribution in [3.63, 3.8) is 0 Å². The van der Waals surface area contributed by atoms with Gasteiger partial charge in [-0.15, -0.1) is 0 Å². The summed E-state index contributed by atoms with van der Waals surface area (Å²) < 4.78 is 0. The molecule has 1 saturated heterocycles. The van der Waals surface area contributed by atoms with Gasteiger partial charge >= 0.3 is 0 Å². The molecule has 1 unspecified atom stereocenters. The number of hydrogen-bond acceptors (Lipinski definition) is 3. The molecule has 1 aromatic rings. The molecule has 0 radical (unpaired) electrons. The zero-order valence-corrected chi connectivity index (χ0v) is 12.4. The molecule has 1 aromatic carbocycles. The first-order chi connectivity index (χ1) is 10.1. The lowest BCUT2D eigenvalue weighted by molar-refractivity contribution is -0.116. The highest BCUT2D eigenvalue weighted by Gasteiger charge is 2.14. The summed E-state index contributed by atoms with van der Waals surface area (Å²) in [5.41, 5.74) is 1.40. The largest absolute Gasteiger partial charge is 0.326 e. The van der Waals surface area contributed by atoms with Gasteiger partial charge in [-0.05, 0) is 44.0 Å². The maximum Gasteiger partial charge on any atom is 0.224 e. The molecule has 1 atom stereocenters. The first kappa shape index (κ1) is 15.5. The molecule has 1 fully saturated rings. The fourth-order valence-electron chi connectivity index (χ4n) is 2.58. The second-order valence-corrected chi connectivity index (χ2v) is 5.50.